The Labute approximate surface area is 102 Å². The molecule has 1 aliphatic carbocycles. The number of halogens is 1. The zero-order valence-electron chi connectivity index (χ0n) is 10.0. The third kappa shape index (κ3) is 2.29. The van der Waals surface area contributed by atoms with Crippen LogP contribution in [0.2, 0.25) is 5.15 Å². The monoisotopic (exact) mass is 239 g/mol. The Morgan fingerprint density at radius 2 is 2.12 bits per heavy atom. The molecule has 1 saturated carbocycles. The Bertz CT molecular complexity index is 392. The Morgan fingerprint density at radius 1 is 1.38 bits per heavy atom. The van der Waals surface area contributed by atoms with Gasteiger partial charge in [-0.1, -0.05) is 31.9 Å². The number of aryl methyl sites for hydroxylation is 1. The molecule has 1 fully saturated rings. The van der Waals surface area contributed by atoms with Gasteiger partial charge < -0.3 is 5.32 Å². The van der Waals surface area contributed by atoms with E-state index in [-0.39, 0.29) is 0 Å². The molecule has 16 heavy (non-hydrogen) atoms. The molecule has 2 atom stereocenters. The van der Waals surface area contributed by atoms with Crippen molar-refractivity contribution in [2.24, 2.45) is 5.92 Å². The van der Waals surface area contributed by atoms with E-state index in [1.165, 1.54) is 12.8 Å². The first-order valence-electron chi connectivity index (χ1n) is 5.95. The lowest BCUT2D eigenvalue weighted by Crippen LogP contribution is -2.10. The molecule has 4 heteroatoms. The molecule has 0 bridgehead atoms. The van der Waals surface area contributed by atoms with E-state index in [1.54, 1.807) is 0 Å². The van der Waals surface area contributed by atoms with Crippen molar-refractivity contribution in [1.29, 1.82) is 0 Å². The summed E-state index contributed by atoms with van der Waals surface area (Å²) >= 11 is 6.08. The topological polar surface area (TPSA) is 37.8 Å². The summed E-state index contributed by atoms with van der Waals surface area (Å²) in [4.78, 5) is 8.73. The van der Waals surface area contributed by atoms with E-state index < -0.39 is 0 Å². The third-order valence-corrected chi connectivity index (χ3v) is 3.59. The standard InChI is InChI=1S/C12H18ClN3/c1-4-8-6-9(8)14-12-7(3)11(13)15-10(5-2)16-12/h8-9H,4-6H2,1-3H3,(H,14,15,16). The van der Waals surface area contributed by atoms with E-state index in [0.717, 1.165) is 29.5 Å². The van der Waals surface area contributed by atoms with Crippen molar-refractivity contribution in [3.8, 4) is 0 Å². The van der Waals surface area contributed by atoms with E-state index in [1.807, 2.05) is 13.8 Å². The summed E-state index contributed by atoms with van der Waals surface area (Å²) in [7, 11) is 0. The minimum atomic E-state index is 0.572. The van der Waals surface area contributed by atoms with Crippen LogP contribution in [0.4, 0.5) is 5.82 Å². The summed E-state index contributed by atoms with van der Waals surface area (Å²) in [5, 5.41) is 4.04. The number of hydrogen-bond donors (Lipinski definition) is 1. The fourth-order valence-corrected chi connectivity index (χ4v) is 2.07. The molecule has 0 aromatic carbocycles. The fourth-order valence-electron chi connectivity index (χ4n) is 1.88. The van der Waals surface area contributed by atoms with Crippen LogP contribution >= 0.6 is 11.6 Å². The number of nitrogens with one attached hydrogen (secondary N) is 1. The van der Waals surface area contributed by atoms with Crippen molar-refractivity contribution >= 4 is 17.4 Å². The van der Waals surface area contributed by atoms with Crippen molar-refractivity contribution in [2.75, 3.05) is 5.32 Å². The minimum absolute atomic E-state index is 0.572. The van der Waals surface area contributed by atoms with Crippen molar-refractivity contribution in [3.63, 3.8) is 0 Å². The lowest BCUT2D eigenvalue weighted by atomic mass is 10.3. The van der Waals surface area contributed by atoms with Crippen molar-refractivity contribution in [3.05, 3.63) is 16.5 Å². The van der Waals surface area contributed by atoms with Crippen LogP contribution in [0.5, 0.6) is 0 Å². The van der Waals surface area contributed by atoms with Crippen molar-refractivity contribution in [1.82, 2.24) is 9.97 Å². The Kier molecular flexibility index (Phi) is 3.33. The predicted octanol–water partition coefficient (Wildman–Crippen LogP) is 3.21. The quantitative estimate of drug-likeness (QED) is 0.820. The largest absolute Gasteiger partial charge is 0.367 e. The van der Waals surface area contributed by atoms with Crippen LogP contribution in [0.1, 0.15) is 38.1 Å². The van der Waals surface area contributed by atoms with Gasteiger partial charge in [-0.05, 0) is 19.3 Å². The number of aromatic nitrogens is 2. The highest BCUT2D eigenvalue weighted by molar-refractivity contribution is 6.30. The highest BCUT2D eigenvalue weighted by Crippen LogP contribution is 2.36. The van der Waals surface area contributed by atoms with Gasteiger partial charge in [0.15, 0.2) is 0 Å². The van der Waals surface area contributed by atoms with Crippen LogP contribution in [0, 0.1) is 12.8 Å². The molecule has 1 aromatic rings. The van der Waals surface area contributed by atoms with Crippen LogP contribution in [0.3, 0.4) is 0 Å². The van der Waals surface area contributed by atoms with Crippen LogP contribution < -0.4 is 5.32 Å². The van der Waals surface area contributed by atoms with Gasteiger partial charge in [0.05, 0.1) is 0 Å². The summed E-state index contributed by atoms with van der Waals surface area (Å²) in [5.41, 5.74) is 0.959. The molecule has 2 unspecified atom stereocenters. The van der Waals surface area contributed by atoms with E-state index in [0.29, 0.717) is 11.2 Å². The molecule has 0 radical (unpaired) electrons. The number of anilines is 1. The smallest absolute Gasteiger partial charge is 0.137 e. The maximum absolute atomic E-state index is 6.08. The summed E-state index contributed by atoms with van der Waals surface area (Å²) in [6.07, 6.45) is 3.30. The first kappa shape index (κ1) is 11.6. The molecule has 2 rings (SSSR count). The second kappa shape index (κ2) is 4.58. The van der Waals surface area contributed by atoms with Crippen LogP contribution in [-0.2, 0) is 6.42 Å². The van der Waals surface area contributed by atoms with E-state index in [9.17, 15) is 0 Å². The highest BCUT2D eigenvalue weighted by Gasteiger charge is 2.35. The van der Waals surface area contributed by atoms with Gasteiger partial charge in [-0.3, -0.25) is 0 Å². The van der Waals surface area contributed by atoms with Crippen molar-refractivity contribution < 1.29 is 0 Å². The highest BCUT2D eigenvalue weighted by atomic mass is 35.5. The van der Waals surface area contributed by atoms with Gasteiger partial charge >= 0.3 is 0 Å². The van der Waals surface area contributed by atoms with Gasteiger partial charge in [-0.2, -0.15) is 0 Å². The van der Waals surface area contributed by atoms with Crippen molar-refractivity contribution in [2.45, 2.75) is 46.1 Å². The SMILES string of the molecule is CCc1nc(Cl)c(C)c(NC2CC2CC)n1. The van der Waals surface area contributed by atoms with Gasteiger partial charge in [0.25, 0.3) is 0 Å². The maximum Gasteiger partial charge on any atom is 0.137 e. The first-order chi connectivity index (χ1) is 7.65. The van der Waals surface area contributed by atoms with Gasteiger partial charge in [-0.15, -0.1) is 0 Å². The van der Waals surface area contributed by atoms with E-state index in [2.05, 4.69) is 22.2 Å². The zero-order chi connectivity index (χ0) is 11.7. The first-order valence-corrected chi connectivity index (χ1v) is 6.33. The molecule has 1 aromatic heterocycles. The molecule has 0 amide bonds. The Morgan fingerprint density at radius 3 is 2.69 bits per heavy atom. The summed E-state index contributed by atoms with van der Waals surface area (Å²) in [5.74, 6) is 2.53. The zero-order valence-corrected chi connectivity index (χ0v) is 10.8. The maximum atomic E-state index is 6.08. The van der Waals surface area contributed by atoms with Gasteiger partial charge in [0, 0.05) is 18.0 Å². The van der Waals surface area contributed by atoms with E-state index >= 15 is 0 Å². The molecule has 0 saturated heterocycles. The lowest BCUT2D eigenvalue weighted by molar-refractivity contribution is 0.771. The Hall–Kier alpha value is -0.830. The summed E-state index contributed by atoms with van der Waals surface area (Å²) < 4.78 is 0. The molecule has 1 heterocycles. The van der Waals surface area contributed by atoms with Gasteiger partial charge in [0.1, 0.15) is 16.8 Å². The summed E-state index contributed by atoms with van der Waals surface area (Å²) in [6.45, 7) is 6.23. The molecule has 0 spiro atoms. The van der Waals surface area contributed by atoms with Crippen LogP contribution in [-0.4, -0.2) is 16.0 Å². The molecule has 1 N–H and O–H groups in total. The molecule has 3 nitrogen and oxygen atoms in total. The van der Waals surface area contributed by atoms with Crippen LogP contribution in [0.25, 0.3) is 0 Å². The normalized spacial score (nSPS) is 23.2. The number of hydrogen-bond acceptors (Lipinski definition) is 3. The Balaban J connectivity index is 2.16. The summed E-state index contributed by atoms with van der Waals surface area (Å²) in [6, 6.07) is 0.583. The number of rotatable bonds is 4. The second-order valence-corrected chi connectivity index (χ2v) is 4.77. The molecule has 1 aliphatic rings. The second-order valence-electron chi connectivity index (χ2n) is 4.41. The number of nitrogens with zero attached hydrogens (tertiary/aromatic N) is 2. The average Bonchev–Trinajstić information content (AvgIpc) is 3.03. The minimum Gasteiger partial charge on any atom is -0.367 e. The molecular weight excluding hydrogens is 222 g/mol. The van der Waals surface area contributed by atoms with Gasteiger partial charge in [-0.25, -0.2) is 9.97 Å². The van der Waals surface area contributed by atoms with E-state index in [4.69, 9.17) is 11.6 Å². The van der Waals surface area contributed by atoms with Crippen LogP contribution in [0.15, 0.2) is 0 Å². The fraction of sp³-hybridized carbons (Fsp3) is 0.667. The lowest BCUT2D eigenvalue weighted by Gasteiger charge is -2.10. The average molecular weight is 240 g/mol. The predicted molar refractivity (Wildman–Crippen MR) is 67.0 cm³/mol. The third-order valence-electron chi connectivity index (χ3n) is 3.22. The molecular formula is C12H18ClN3. The molecule has 0 aliphatic heterocycles. The molecule has 88 valence electrons. The van der Waals surface area contributed by atoms with Gasteiger partial charge in [0.2, 0.25) is 0 Å².